The lowest BCUT2D eigenvalue weighted by molar-refractivity contribution is 0.586. The van der Waals surface area contributed by atoms with Crippen LogP contribution in [-0.4, -0.2) is 26.7 Å². The first-order chi connectivity index (χ1) is 11.3. The lowest BCUT2D eigenvalue weighted by Crippen LogP contribution is -2.48. The summed E-state index contributed by atoms with van der Waals surface area (Å²) in [4.78, 5) is 4.07. The highest BCUT2D eigenvalue weighted by molar-refractivity contribution is 7.92. The van der Waals surface area contributed by atoms with E-state index < -0.39 is 23.2 Å². The Morgan fingerprint density at radius 1 is 1.12 bits per heavy atom. The van der Waals surface area contributed by atoms with Gasteiger partial charge in [0.1, 0.15) is 8.07 Å². The van der Waals surface area contributed by atoms with Crippen LogP contribution in [0.1, 0.15) is 20.3 Å². The van der Waals surface area contributed by atoms with Crippen LogP contribution in [0, 0.1) is 0 Å². The van der Waals surface area contributed by atoms with Crippen LogP contribution in [0.15, 0.2) is 71.0 Å². The van der Waals surface area contributed by atoms with Crippen LogP contribution < -0.4 is 5.19 Å². The molecule has 2 aromatic rings. The second kappa shape index (κ2) is 7.45. The maximum Gasteiger partial charge on any atom is 0.201 e. The number of hydrogen-bond acceptors (Lipinski definition) is 3. The normalized spacial score (nSPS) is 14.4. The van der Waals surface area contributed by atoms with Crippen LogP contribution in [0.2, 0.25) is 13.1 Å². The molecule has 0 spiro atoms. The van der Waals surface area contributed by atoms with E-state index in [-0.39, 0.29) is 5.03 Å². The van der Waals surface area contributed by atoms with Gasteiger partial charge in [-0.15, -0.1) is 0 Å². The van der Waals surface area contributed by atoms with Crippen molar-refractivity contribution < 1.29 is 8.42 Å². The van der Waals surface area contributed by atoms with E-state index in [4.69, 9.17) is 0 Å². The monoisotopic (exact) mass is 359 g/mol. The molecule has 0 amide bonds. The fourth-order valence-electron chi connectivity index (χ4n) is 3.03. The Bertz CT molecular complexity index is 800. The minimum atomic E-state index is -3.50. The number of hydrogen-bond donors (Lipinski definition) is 0. The average molecular weight is 360 g/mol. The Labute approximate surface area is 146 Å². The summed E-state index contributed by atoms with van der Waals surface area (Å²) in [5, 5.41) is 1.86. The molecule has 1 heterocycles. The lowest BCUT2D eigenvalue weighted by atomic mass is 10.3. The standard InChI is InChI=1S/C19H25NO2SSi/c1-5-11-18(24(3,4)17-12-7-6-8-13-17)16(2)23(21,22)19-14-9-10-15-20-19/h6-16H,5H2,1-4H3/b18-11+. The maximum atomic E-state index is 13.0. The summed E-state index contributed by atoms with van der Waals surface area (Å²) in [6.45, 7) is 8.28. The number of pyridine rings is 1. The fraction of sp³-hybridized carbons (Fsp3) is 0.316. The zero-order valence-corrected chi connectivity index (χ0v) is 16.5. The SMILES string of the molecule is CC/C=C(\C(C)S(=O)(=O)c1ccccn1)[Si](C)(C)c1ccccc1. The number of rotatable bonds is 6. The third-order valence-corrected chi connectivity index (χ3v) is 10.5. The summed E-state index contributed by atoms with van der Waals surface area (Å²) in [5.74, 6) is 0. The molecule has 0 radical (unpaired) electrons. The Morgan fingerprint density at radius 2 is 1.75 bits per heavy atom. The molecule has 3 nitrogen and oxygen atoms in total. The molecule has 0 saturated heterocycles. The summed E-state index contributed by atoms with van der Waals surface area (Å²) in [7, 11) is -5.58. The molecule has 0 aliphatic carbocycles. The van der Waals surface area contributed by atoms with Crippen molar-refractivity contribution in [3.8, 4) is 0 Å². The van der Waals surface area contributed by atoms with Crippen molar-refractivity contribution in [1.29, 1.82) is 0 Å². The highest BCUT2D eigenvalue weighted by atomic mass is 32.2. The molecule has 128 valence electrons. The number of allylic oxidation sites excluding steroid dienone is 1. The van der Waals surface area contributed by atoms with E-state index in [0.717, 1.165) is 11.6 Å². The Morgan fingerprint density at radius 3 is 2.29 bits per heavy atom. The van der Waals surface area contributed by atoms with Gasteiger partial charge in [-0.2, -0.15) is 0 Å². The van der Waals surface area contributed by atoms with Crippen LogP contribution in [0.5, 0.6) is 0 Å². The molecule has 0 aliphatic rings. The van der Waals surface area contributed by atoms with Crippen molar-refractivity contribution in [1.82, 2.24) is 4.98 Å². The van der Waals surface area contributed by atoms with E-state index in [1.807, 2.05) is 18.2 Å². The van der Waals surface area contributed by atoms with Gasteiger partial charge < -0.3 is 0 Å². The molecule has 1 aromatic heterocycles. The second-order valence-electron chi connectivity index (χ2n) is 6.41. The molecule has 2 rings (SSSR count). The quantitative estimate of drug-likeness (QED) is 0.738. The molecule has 0 saturated carbocycles. The van der Waals surface area contributed by atoms with Gasteiger partial charge in [0.15, 0.2) is 5.03 Å². The van der Waals surface area contributed by atoms with E-state index in [9.17, 15) is 8.42 Å². The predicted octanol–water partition coefficient (Wildman–Crippen LogP) is 3.74. The molecule has 0 N–H and O–H groups in total. The van der Waals surface area contributed by atoms with Gasteiger partial charge in [-0.3, -0.25) is 0 Å². The third kappa shape index (κ3) is 3.68. The Kier molecular flexibility index (Phi) is 5.77. The van der Waals surface area contributed by atoms with Gasteiger partial charge in [0.05, 0.1) is 5.25 Å². The molecule has 1 aromatic carbocycles. The number of sulfone groups is 1. The predicted molar refractivity (Wildman–Crippen MR) is 103 cm³/mol. The smallest absolute Gasteiger partial charge is 0.201 e. The van der Waals surface area contributed by atoms with Gasteiger partial charge in [0, 0.05) is 6.20 Å². The van der Waals surface area contributed by atoms with Crippen LogP contribution >= 0.6 is 0 Å². The Hall–Kier alpha value is -1.72. The van der Waals surface area contributed by atoms with Gasteiger partial charge in [-0.25, -0.2) is 13.4 Å². The molecule has 24 heavy (non-hydrogen) atoms. The summed E-state index contributed by atoms with van der Waals surface area (Å²) < 4.78 is 26.1. The molecule has 1 atom stereocenters. The van der Waals surface area contributed by atoms with Crippen molar-refractivity contribution in [2.24, 2.45) is 0 Å². The maximum absolute atomic E-state index is 13.0. The summed E-state index contributed by atoms with van der Waals surface area (Å²) in [6, 6.07) is 15.3. The van der Waals surface area contributed by atoms with E-state index in [0.29, 0.717) is 0 Å². The van der Waals surface area contributed by atoms with Gasteiger partial charge in [0.25, 0.3) is 0 Å². The molecule has 0 aliphatic heterocycles. The zero-order valence-electron chi connectivity index (χ0n) is 14.7. The Balaban J connectivity index is 2.50. The minimum Gasteiger partial charge on any atom is -0.245 e. The zero-order chi connectivity index (χ0) is 17.8. The first-order valence-corrected chi connectivity index (χ1v) is 12.8. The topological polar surface area (TPSA) is 47.0 Å². The number of nitrogens with zero attached hydrogens (tertiary/aromatic N) is 1. The largest absolute Gasteiger partial charge is 0.245 e. The van der Waals surface area contributed by atoms with Gasteiger partial charge in [-0.1, -0.05) is 72.9 Å². The molecule has 0 bridgehead atoms. The van der Waals surface area contributed by atoms with Crippen molar-refractivity contribution in [2.75, 3.05) is 0 Å². The third-order valence-electron chi connectivity index (χ3n) is 4.47. The van der Waals surface area contributed by atoms with Crippen molar-refractivity contribution in [3.63, 3.8) is 0 Å². The van der Waals surface area contributed by atoms with Crippen molar-refractivity contribution in [2.45, 2.75) is 43.6 Å². The summed E-state index contributed by atoms with van der Waals surface area (Å²) >= 11 is 0. The number of benzene rings is 1. The minimum absolute atomic E-state index is 0.150. The lowest BCUT2D eigenvalue weighted by Gasteiger charge is -2.31. The van der Waals surface area contributed by atoms with Crippen molar-refractivity contribution in [3.05, 3.63) is 66.0 Å². The van der Waals surface area contributed by atoms with Crippen molar-refractivity contribution >= 4 is 23.1 Å². The van der Waals surface area contributed by atoms with Gasteiger partial charge in [-0.05, 0) is 25.5 Å². The van der Waals surface area contributed by atoms with Crippen LogP contribution in [-0.2, 0) is 9.84 Å². The molecule has 1 unspecified atom stereocenters. The molecular formula is C19H25NO2SSi. The fourth-order valence-corrected chi connectivity index (χ4v) is 8.74. The highest BCUT2D eigenvalue weighted by Gasteiger charge is 2.37. The molecule has 0 fully saturated rings. The van der Waals surface area contributed by atoms with Gasteiger partial charge in [0.2, 0.25) is 9.84 Å². The summed E-state index contributed by atoms with van der Waals surface area (Å²) in [6.07, 6.45) is 4.45. The average Bonchev–Trinajstić information content (AvgIpc) is 2.60. The first kappa shape index (κ1) is 18.6. The molecular weight excluding hydrogens is 334 g/mol. The second-order valence-corrected chi connectivity index (χ2v) is 13.0. The van der Waals surface area contributed by atoms with E-state index in [2.05, 4.69) is 43.2 Å². The van der Waals surface area contributed by atoms with Crippen LogP contribution in [0.3, 0.4) is 0 Å². The van der Waals surface area contributed by atoms with Gasteiger partial charge >= 0.3 is 0 Å². The molecule has 5 heteroatoms. The van der Waals surface area contributed by atoms with E-state index in [1.165, 1.54) is 11.4 Å². The van der Waals surface area contributed by atoms with E-state index in [1.54, 1.807) is 25.1 Å². The van der Waals surface area contributed by atoms with E-state index >= 15 is 0 Å². The summed E-state index contributed by atoms with van der Waals surface area (Å²) in [5.41, 5.74) is 0. The van der Waals surface area contributed by atoms with Crippen LogP contribution in [0.25, 0.3) is 0 Å². The first-order valence-electron chi connectivity index (χ1n) is 8.22. The number of aromatic nitrogens is 1. The van der Waals surface area contributed by atoms with Crippen LogP contribution in [0.4, 0.5) is 0 Å². The highest BCUT2D eigenvalue weighted by Crippen LogP contribution is 2.27.